The second-order valence-electron chi connectivity index (χ2n) is 7.46. The molecule has 1 saturated carbocycles. The molecule has 0 amide bonds. The van der Waals surface area contributed by atoms with Crippen molar-refractivity contribution in [2.75, 3.05) is 20.1 Å². The van der Waals surface area contributed by atoms with Crippen LogP contribution in [0.15, 0.2) is 30.3 Å². The second-order valence-corrected chi connectivity index (χ2v) is 7.46. The first-order valence-electron chi connectivity index (χ1n) is 8.41. The maximum atomic E-state index is 3.65. The van der Waals surface area contributed by atoms with Gasteiger partial charge in [-0.3, -0.25) is 0 Å². The minimum atomic E-state index is 0.156. The number of benzene rings is 1. The summed E-state index contributed by atoms with van der Waals surface area (Å²) in [7, 11) is 2.29. The van der Waals surface area contributed by atoms with Gasteiger partial charge in [0.2, 0.25) is 0 Å². The molecule has 1 aliphatic rings. The maximum absolute atomic E-state index is 3.65. The van der Waals surface area contributed by atoms with E-state index in [1.165, 1.54) is 18.4 Å². The van der Waals surface area contributed by atoms with Gasteiger partial charge >= 0.3 is 0 Å². The fourth-order valence-electron chi connectivity index (χ4n) is 3.15. The van der Waals surface area contributed by atoms with E-state index in [0.717, 1.165) is 19.0 Å². The molecule has 2 unspecified atom stereocenters. The molecular weight excluding hydrogens is 256 g/mol. The lowest BCUT2D eigenvalue weighted by molar-refractivity contribution is 0.182. The standard InChI is InChI=1S/C19H32N2/c1-15(2)20-13-19(4,18-9-7-6-8-10-18)14-21(5)16(3)17-11-12-17/h6-10,15-17,20H,11-14H2,1-5H3. The van der Waals surface area contributed by atoms with Crippen LogP contribution in [0, 0.1) is 5.92 Å². The fraction of sp³-hybridized carbons (Fsp3) is 0.684. The van der Waals surface area contributed by atoms with E-state index in [0.29, 0.717) is 12.1 Å². The monoisotopic (exact) mass is 288 g/mol. The van der Waals surface area contributed by atoms with Crippen molar-refractivity contribution in [2.45, 2.75) is 58.0 Å². The number of nitrogens with zero attached hydrogens (tertiary/aromatic N) is 1. The molecule has 0 bridgehead atoms. The van der Waals surface area contributed by atoms with Gasteiger partial charge in [0.25, 0.3) is 0 Å². The normalized spacial score (nSPS) is 19.8. The third-order valence-electron chi connectivity index (χ3n) is 4.97. The molecule has 0 radical (unpaired) electrons. The molecular formula is C19H32N2. The van der Waals surface area contributed by atoms with E-state index in [4.69, 9.17) is 0 Å². The lowest BCUT2D eigenvalue weighted by Gasteiger charge is -2.38. The molecule has 1 N–H and O–H groups in total. The van der Waals surface area contributed by atoms with Crippen molar-refractivity contribution in [1.29, 1.82) is 0 Å². The van der Waals surface area contributed by atoms with Crippen molar-refractivity contribution in [3.8, 4) is 0 Å². The SMILES string of the molecule is CC(C)NCC(C)(CN(C)C(C)C1CC1)c1ccccc1. The average molecular weight is 288 g/mol. The van der Waals surface area contributed by atoms with Gasteiger partial charge in [-0.2, -0.15) is 0 Å². The van der Waals surface area contributed by atoms with Crippen molar-refractivity contribution in [3.63, 3.8) is 0 Å². The number of rotatable bonds is 8. The highest BCUT2D eigenvalue weighted by atomic mass is 15.1. The molecule has 118 valence electrons. The van der Waals surface area contributed by atoms with E-state index < -0.39 is 0 Å². The van der Waals surface area contributed by atoms with Crippen LogP contribution in [0.2, 0.25) is 0 Å². The Morgan fingerprint density at radius 3 is 2.33 bits per heavy atom. The zero-order valence-corrected chi connectivity index (χ0v) is 14.4. The molecule has 2 nitrogen and oxygen atoms in total. The number of hydrogen-bond acceptors (Lipinski definition) is 2. The summed E-state index contributed by atoms with van der Waals surface area (Å²) >= 11 is 0. The predicted molar refractivity (Wildman–Crippen MR) is 91.7 cm³/mol. The molecule has 2 atom stereocenters. The molecule has 2 heteroatoms. The summed E-state index contributed by atoms with van der Waals surface area (Å²) in [5, 5.41) is 3.65. The Balaban J connectivity index is 2.10. The van der Waals surface area contributed by atoms with Crippen LogP contribution >= 0.6 is 0 Å². The molecule has 0 heterocycles. The second kappa shape index (κ2) is 6.93. The van der Waals surface area contributed by atoms with E-state index in [2.05, 4.69) is 75.3 Å². The maximum Gasteiger partial charge on any atom is 0.0177 e. The van der Waals surface area contributed by atoms with Gasteiger partial charge in [-0.15, -0.1) is 0 Å². The van der Waals surface area contributed by atoms with Gasteiger partial charge in [0, 0.05) is 30.6 Å². The Morgan fingerprint density at radius 1 is 1.19 bits per heavy atom. The molecule has 1 aliphatic carbocycles. The summed E-state index contributed by atoms with van der Waals surface area (Å²) < 4.78 is 0. The van der Waals surface area contributed by atoms with Crippen LogP contribution in [0.1, 0.15) is 46.1 Å². The number of hydrogen-bond donors (Lipinski definition) is 1. The van der Waals surface area contributed by atoms with E-state index in [-0.39, 0.29) is 5.41 Å². The van der Waals surface area contributed by atoms with E-state index in [1.807, 2.05) is 0 Å². The lowest BCUT2D eigenvalue weighted by Crippen LogP contribution is -2.48. The zero-order chi connectivity index (χ0) is 15.5. The fourth-order valence-corrected chi connectivity index (χ4v) is 3.15. The molecule has 0 aliphatic heterocycles. The smallest absolute Gasteiger partial charge is 0.0177 e. The van der Waals surface area contributed by atoms with Gasteiger partial charge in [0.05, 0.1) is 0 Å². The van der Waals surface area contributed by atoms with Crippen molar-refractivity contribution in [2.24, 2.45) is 5.92 Å². The van der Waals surface area contributed by atoms with Crippen LogP contribution in [-0.2, 0) is 5.41 Å². The Morgan fingerprint density at radius 2 is 1.81 bits per heavy atom. The van der Waals surface area contributed by atoms with Crippen molar-refractivity contribution >= 4 is 0 Å². The summed E-state index contributed by atoms with van der Waals surface area (Å²) in [4.78, 5) is 2.56. The van der Waals surface area contributed by atoms with Gasteiger partial charge in [0.15, 0.2) is 0 Å². The van der Waals surface area contributed by atoms with Crippen LogP contribution < -0.4 is 5.32 Å². The van der Waals surface area contributed by atoms with Crippen LogP contribution in [0.5, 0.6) is 0 Å². The van der Waals surface area contributed by atoms with Crippen molar-refractivity contribution < 1.29 is 0 Å². The Kier molecular flexibility index (Phi) is 5.45. The van der Waals surface area contributed by atoms with Crippen LogP contribution in [0.4, 0.5) is 0 Å². The molecule has 1 aromatic carbocycles. The number of likely N-dealkylation sites (N-methyl/N-ethyl adjacent to an activating group) is 1. The Bertz CT molecular complexity index is 424. The summed E-state index contributed by atoms with van der Waals surface area (Å²) in [6.07, 6.45) is 2.83. The van der Waals surface area contributed by atoms with Crippen molar-refractivity contribution in [1.82, 2.24) is 10.2 Å². The Hall–Kier alpha value is -0.860. The van der Waals surface area contributed by atoms with E-state index >= 15 is 0 Å². The first-order valence-corrected chi connectivity index (χ1v) is 8.41. The highest BCUT2D eigenvalue weighted by Crippen LogP contribution is 2.36. The van der Waals surface area contributed by atoms with Crippen LogP contribution in [0.25, 0.3) is 0 Å². The Labute approximate surface area is 130 Å². The minimum absolute atomic E-state index is 0.156. The van der Waals surface area contributed by atoms with E-state index in [1.54, 1.807) is 0 Å². The molecule has 2 rings (SSSR count). The van der Waals surface area contributed by atoms with Gasteiger partial charge in [0.1, 0.15) is 0 Å². The highest BCUT2D eigenvalue weighted by Gasteiger charge is 2.35. The third kappa shape index (κ3) is 4.55. The largest absolute Gasteiger partial charge is 0.314 e. The van der Waals surface area contributed by atoms with Gasteiger partial charge < -0.3 is 10.2 Å². The summed E-state index contributed by atoms with van der Waals surface area (Å²) in [5.41, 5.74) is 1.59. The van der Waals surface area contributed by atoms with Crippen molar-refractivity contribution in [3.05, 3.63) is 35.9 Å². The molecule has 0 spiro atoms. The summed E-state index contributed by atoms with van der Waals surface area (Å²) in [5.74, 6) is 0.924. The number of nitrogens with one attached hydrogen (secondary N) is 1. The van der Waals surface area contributed by atoms with Crippen LogP contribution in [0.3, 0.4) is 0 Å². The zero-order valence-electron chi connectivity index (χ0n) is 14.4. The third-order valence-corrected chi connectivity index (χ3v) is 4.97. The lowest BCUT2D eigenvalue weighted by atomic mass is 9.81. The first kappa shape index (κ1) is 16.5. The average Bonchev–Trinajstić information content (AvgIpc) is 3.30. The topological polar surface area (TPSA) is 15.3 Å². The summed E-state index contributed by atoms with van der Waals surface area (Å²) in [6, 6.07) is 12.2. The minimum Gasteiger partial charge on any atom is -0.314 e. The molecule has 1 fully saturated rings. The van der Waals surface area contributed by atoms with E-state index in [9.17, 15) is 0 Å². The quantitative estimate of drug-likeness (QED) is 0.785. The molecule has 1 aromatic rings. The predicted octanol–water partition coefficient (Wildman–Crippen LogP) is 3.67. The molecule has 21 heavy (non-hydrogen) atoms. The summed E-state index contributed by atoms with van der Waals surface area (Å²) in [6.45, 7) is 11.4. The van der Waals surface area contributed by atoms with Gasteiger partial charge in [-0.25, -0.2) is 0 Å². The van der Waals surface area contributed by atoms with Gasteiger partial charge in [-0.1, -0.05) is 51.1 Å². The van der Waals surface area contributed by atoms with Crippen LogP contribution in [-0.4, -0.2) is 37.1 Å². The highest BCUT2D eigenvalue weighted by molar-refractivity contribution is 5.25. The molecule has 0 aromatic heterocycles. The molecule has 0 saturated heterocycles. The van der Waals surface area contributed by atoms with Gasteiger partial charge in [-0.05, 0) is 38.3 Å². The first-order chi connectivity index (χ1) is 9.92.